The topological polar surface area (TPSA) is 119 Å². The monoisotopic (exact) mass is 556 g/mol. The predicted octanol–water partition coefficient (Wildman–Crippen LogP) is 1.93. The Morgan fingerprint density at radius 1 is 1.05 bits per heavy atom. The first-order valence-electron chi connectivity index (χ1n) is 14.1. The molecular formula is C30H36N8O3. The van der Waals surface area contributed by atoms with Crippen molar-refractivity contribution in [3.05, 3.63) is 71.5 Å². The number of amides is 2. The fourth-order valence-corrected chi connectivity index (χ4v) is 6.29. The lowest BCUT2D eigenvalue weighted by Crippen LogP contribution is -2.51. The Labute approximate surface area is 238 Å². The number of carbonyl (C=O) groups is 2. The average Bonchev–Trinajstić information content (AvgIpc) is 3.79. The highest BCUT2D eigenvalue weighted by atomic mass is 16.5. The van der Waals surface area contributed by atoms with E-state index in [0.717, 1.165) is 40.0 Å². The van der Waals surface area contributed by atoms with Crippen molar-refractivity contribution in [2.24, 2.45) is 20.0 Å². The van der Waals surface area contributed by atoms with Gasteiger partial charge in [0.1, 0.15) is 17.3 Å². The summed E-state index contributed by atoms with van der Waals surface area (Å²) in [7, 11) is 5.43. The van der Waals surface area contributed by atoms with Crippen LogP contribution >= 0.6 is 0 Å². The average molecular weight is 557 g/mol. The van der Waals surface area contributed by atoms with Crippen LogP contribution in [0.4, 0.5) is 0 Å². The zero-order chi connectivity index (χ0) is 28.5. The van der Waals surface area contributed by atoms with Crippen molar-refractivity contribution < 1.29 is 14.3 Å². The number of carbonyl (C=O) groups excluding carboxylic acids is 2. The minimum Gasteiger partial charge on any atom is -0.497 e. The molecule has 214 valence electrons. The molecule has 11 heteroatoms. The number of rotatable bonds is 8. The lowest BCUT2D eigenvalue weighted by molar-refractivity contribution is -0.139. The van der Waals surface area contributed by atoms with Gasteiger partial charge in [0.15, 0.2) is 0 Å². The maximum absolute atomic E-state index is 13.9. The molecule has 2 fully saturated rings. The number of nitrogens with zero attached hydrogens (tertiary/aromatic N) is 6. The van der Waals surface area contributed by atoms with Crippen LogP contribution in [0.5, 0.6) is 5.75 Å². The molecular weight excluding hydrogens is 520 g/mol. The van der Waals surface area contributed by atoms with Gasteiger partial charge < -0.3 is 20.3 Å². The molecule has 2 saturated heterocycles. The highest BCUT2D eigenvalue weighted by Gasteiger charge is 2.43. The van der Waals surface area contributed by atoms with E-state index in [4.69, 9.17) is 4.74 Å². The fourth-order valence-electron chi connectivity index (χ4n) is 6.29. The Morgan fingerprint density at radius 2 is 1.85 bits per heavy atom. The van der Waals surface area contributed by atoms with Crippen LogP contribution in [0.25, 0.3) is 11.0 Å². The van der Waals surface area contributed by atoms with E-state index in [1.54, 1.807) is 22.9 Å². The second kappa shape index (κ2) is 11.3. The molecule has 4 heterocycles. The molecule has 2 amide bonds. The standard InChI is InChI=1S/C30H36N8O3/c1-36-26(10-11-33-36)22-15-25(31-17-22)30(40)38-18-21(12-19-4-7-23(41-3)8-5-19)14-28(38)29(39)32-16-20-6-9-27-24(13-20)34-35-37(27)2/h4-11,13,21-22,25,28,31H,12,14-18H2,1-3H3,(H,32,39). The van der Waals surface area contributed by atoms with E-state index in [1.807, 2.05) is 55.2 Å². The molecule has 0 saturated carbocycles. The fraction of sp³-hybridized carbons (Fsp3) is 0.433. The molecule has 2 aliphatic heterocycles. The molecule has 4 aromatic rings. The summed E-state index contributed by atoms with van der Waals surface area (Å²) in [5.74, 6) is 1.05. The third-order valence-corrected chi connectivity index (χ3v) is 8.50. The molecule has 0 spiro atoms. The van der Waals surface area contributed by atoms with Gasteiger partial charge in [0.25, 0.3) is 0 Å². The molecule has 0 bridgehead atoms. The normalized spacial score (nSPS) is 22.4. The SMILES string of the molecule is COc1ccc(CC2CC(C(=O)NCc3ccc4c(c3)nnn4C)N(C(=O)C3CC(c4ccnn4C)CN3)C2)cc1. The van der Waals surface area contributed by atoms with Gasteiger partial charge in [0.2, 0.25) is 11.8 Å². The molecule has 0 aliphatic carbocycles. The van der Waals surface area contributed by atoms with Crippen molar-refractivity contribution in [1.82, 2.24) is 40.3 Å². The number of ether oxygens (including phenoxy) is 1. The summed E-state index contributed by atoms with van der Waals surface area (Å²) < 4.78 is 8.89. The molecule has 2 N–H and O–H groups in total. The number of aromatic nitrogens is 5. The van der Waals surface area contributed by atoms with Crippen LogP contribution in [0.15, 0.2) is 54.7 Å². The van der Waals surface area contributed by atoms with Gasteiger partial charge in [-0.1, -0.05) is 23.4 Å². The lowest BCUT2D eigenvalue weighted by Gasteiger charge is -2.27. The van der Waals surface area contributed by atoms with E-state index in [0.29, 0.717) is 32.5 Å². The summed E-state index contributed by atoms with van der Waals surface area (Å²) in [6.07, 6.45) is 3.88. The van der Waals surface area contributed by atoms with Crippen molar-refractivity contribution in [2.75, 3.05) is 20.2 Å². The number of likely N-dealkylation sites (tertiary alicyclic amines) is 1. The quantitative estimate of drug-likeness (QED) is 0.340. The molecule has 41 heavy (non-hydrogen) atoms. The minimum absolute atomic E-state index is 0.00645. The number of aryl methyl sites for hydroxylation is 2. The van der Waals surface area contributed by atoms with Crippen LogP contribution in [0.1, 0.15) is 35.6 Å². The maximum atomic E-state index is 13.9. The highest BCUT2D eigenvalue weighted by Crippen LogP contribution is 2.31. The Morgan fingerprint density at radius 3 is 2.61 bits per heavy atom. The van der Waals surface area contributed by atoms with Crippen LogP contribution in [0.2, 0.25) is 0 Å². The minimum atomic E-state index is -0.524. The molecule has 11 nitrogen and oxygen atoms in total. The van der Waals surface area contributed by atoms with E-state index in [2.05, 4.69) is 38.2 Å². The number of fused-ring (bicyclic) bond motifs is 1. The summed E-state index contributed by atoms with van der Waals surface area (Å²) in [6.45, 7) is 1.61. The van der Waals surface area contributed by atoms with Crippen LogP contribution in [-0.2, 0) is 36.6 Å². The Hall–Kier alpha value is -4.25. The van der Waals surface area contributed by atoms with Gasteiger partial charge in [-0.05, 0) is 66.6 Å². The van der Waals surface area contributed by atoms with Crippen molar-refractivity contribution in [2.45, 2.75) is 43.8 Å². The van der Waals surface area contributed by atoms with Crippen molar-refractivity contribution in [3.8, 4) is 5.75 Å². The van der Waals surface area contributed by atoms with Gasteiger partial charge in [0, 0.05) is 51.5 Å². The zero-order valence-electron chi connectivity index (χ0n) is 23.7. The zero-order valence-corrected chi connectivity index (χ0v) is 23.7. The largest absolute Gasteiger partial charge is 0.497 e. The first-order valence-corrected chi connectivity index (χ1v) is 14.1. The first-order chi connectivity index (χ1) is 19.9. The van der Waals surface area contributed by atoms with E-state index in [9.17, 15) is 9.59 Å². The number of nitrogens with one attached hydrogen (secondary N) is 2. The van der Waals surface area contributed by atoms with Crippen LogP contribution < -0.4 is 15.4 Å². The van der Waals surface area contributed by atoms with Crippen LogP contribution in [0, 0.1) is 5.92 Å². The first kappa shape index (κ1) is 26.9. The van der Waals surface area contributed by atoms with Gasteiger partial charge in [-0.3, -0.25) is 14.3 Å². The van der Waals surface area contributed by atoms with E-state index in [1.165, 1.54) is 0 Å². The summed E-state index contributed by atoms with van der Waals surface area (Å²) in [6, 6.07) is 15.0. The number of benzene rings is 2. The molecule has 2 aliphatic rings. The Balaban J connectivity index is 1.16. The molecule has 6 rings (SSSR count). The van der Waals surface area contributed by atoms with Gasteiger partial charge in [-0.25, -0.2) is 4.68 Å². The molecule has 4 unspecified atom stereocenters. The van der Waals surface area contributed by atoms with Gasteiger partial charge in [0.05, 0.1) is 18.7 Å². The second-order valence-corrected chi connectivity index (χ2v) is 11.2. The van der Waals surface area contributed by atoms with Crippen molar-refractivity contribution >= 4 is 22.8 Å². The smallest absolute Gasteiger partial charge is 0.243 e. The summed E-state index contributed by atoms with van der Waals surface area (Å²) in [5.41, 5.74) is 4.93. The van der Waals surface area contributed by atoms with Crippen molar-refractivity contribution in [3.63, 3.8) is 0 Å². The predicted molar refractivity (Wildman–Crippen MR) is 153 cm³/mol. The summed E-state index contributed by atoms with van der Waals surface area (Å²) >= 11 is 0. The Bertz CT molecular complexity index is 1540. The van der Waals surface area contributed by atoms with Crippen LogP contribution in [0.3, 0.4) is 0 Å². The Kier molecular flexibility index (Phi) is 7.44. The summed E-state index contributed by atoms with van der Waals surface area (Å²) in [5, 5.41) is 19.0. The van der Waals surface area contributed by atoms with Gasteiger partial charge in [-0.15, -0.1) is 5.10 Å². The van der Waals surface area contributed by atoms with Crippen LogP contribution in [-0.4, -0.2) is 73.8 Å². The highest BCUT2D eigenvalue weighted by molar-refractivity contribution is 5.90. The third kappa shape index (κ3) is 5.54. The maximum Gasteiger partial charge on any atom is 0.243 e. The number of hydrogen-bond acceptors (Lipinski definition) is 7. The van der Waals surface area contributed by atoms with E-state index in [-0.39, 0.29) is 29.7 Å². The number of methoxy groups -OCH3 is 1. The van der Waals surface area contributed by atoms with Gasteiger partial charge >= 0.3 is 0 Å². The molecule has 2 aromatic carbocycles. The molecule has 2 aromatic heterocycles. The molecule has 0 radical (unpaired) electrons. The van der Waals surface area contributed by atoms with Crippen molar-refractivity contribution in [1.29, 1.82) is 0 Å². The molecule has 4 atom stereocenters. The second-order valence-electron chi connectivity index (χ2n) is 11.2. The van der Waals surface area contributed by atoms with E-state index < -0.39 is 6.04 Å². The van der Waals surface area contributed by atoms with E-state index >= 15 is 0 Å². The summed E-state index contributed by atoms with van der Waals surface area (Å²) in [4.78, 5) is 29.3. The lowest BCUT2D eigenvalue weighted by atomic mass is 9.96. The third-order valence-electron chi connectivity index (χ3n) is 8.50. The number of hydrogen-bond donors (Lipinski definition) is 2. The van der Waals surface area contributed by atoms with Gasteiger partial charge in [-0.2, -0.15) is 5.10 Å².